The van der Waals surface area contributed by atoms with Crippen molar-refractivity contribution in [3.8, 4) is 11.6 Å². The highest BCUT2D eigenvalue weighted by molar-refractivity contribution is 7.91. The van der Waals surface area contributed by atoms with Crippen molar-refractivity contribution in [3.63, 3.8) is 0 Å². The van der Waals surface area contributed by atoms with Gasteiger partial charge >= 0.3 is 6.18 Å². The number of rotatable bonds is 13. The van der Waals surface area contributed by atoms with E-state index in [2.05, 4.69) is 31.9 Å². The van der Waals surface area contributed by atoms with Gasteiger partial charge in [0.25, 0.3) is 5.91 Å². The predicted octanol–water partition coefficient (Wildman–Crippen LogP) is 3.81. The normalized spacial score (nSPS) is 23.5. The van der Waals surface area contributed by atoms with Crippen LogP contribution in [0.15, 0.2) is 61.4 Å². The van der Waals surface area contributed by atoms with Crippen LogP contribution in [0.3, 0.4) is 0 Å². The van der Waals surface area contributed by atoms with E-state index in [1.807, 2.05) is 0 Å². The quantitative estimate of drug-likeness (QED) is 0.219. The van der Waals surface area contributed by atoms with E-state index in [1.54, 1.807) is 51.4 Å². The van der Waals surface area contributed by atoms with Crippen LogP contribution in [0, 0.1) is 11.8 Å². The van der Waals surface area contributed by atoms with E-state index < -0.39 is 80.3 Å². The lowest BCUT2D eigenvalue weighted by Gasteiger charge is -2.31. The second kappa shape index (κ2) is 13.9. The number of alkyl halides is 3. The number of methoxy groups -OCH3 is 1. The van der Waals surface area contributed by atoms with Crippen molar-refractivity contribution in [2.75, 3.05) is 19.0 Å². The monoisotopic (exact) mass is 744 g/mol. The summed E-state index contributed by atoms with van der Waals surface area (Å²) < 4.78 is 78.5. The number of hydrogen-bond acceptors (Lipinski definition) is 10. The number of fused-ring (bicyclic) bond motifs is 1. The summed E-state index contributed by atoms with van der Waals surface area (Å²) >= 11 is 0. The number of halogens is 3. The summed E-state index contributed by atoms with van der Waals surface area (Å²) in [6.45, 7) is 7.10. The van der Waals surface area contributed by atoms with Crippen molar-refractivity contribution in [1.29, 1.82) is 0 Å². The molecule has 3 heterocycles. The highest BCUT2D eigenvalue weighted by Crippen LogP contribution is 2.45. The van der Waals surface area contributed by atoms with Gasteiger partial charge in [-0.2, -0.15) is 13.2 Å². The van der Waals surface area contributed by atoms with Crippen molar-refractivity contribution in [3.05, 3.63) is 67.0 Å². The number of nitrogens with one attached hydrogen (secondary N) is 3. The molecule has 6 rings (SSSR count). The fourth-order valence-electron chi connectivity index (χ4n) is 6.40. The van der Waals surface area contributed by atoms with Gasteiger partial charge in [0.2, 0.25) is 27.7 Å². The Morgan fingerprint density at radius 2 is 1.87 bits per heavy atom. The second-order valence-electron chi connectivity index (χ2n) is 13.7. The minimum Gasteiger partial charge on any atom is -0.497 e. The van der Waals surface area contributed by atoms with Crippen molar-refractivity contribution in [1.82, 2.24) is 24.9 Å². The third kappa shape index (κ3) is 7.49. The largest absolute Gasteiger partial charge is 0.497 e. The van der Waals surface area contributed by atoms with Crippen LogP contribution in [0.5, 0.6) is 11.6 Å². The number of pyridine rings is 2. The van der Waals surface area contributed by atoms with Crippen LogP contribution in [0.4, 0.5) is 19.0 Å². The molecule has 52 heavy (non-hydrogen) atoms. The van der Waals surface area contributed by atoms with E-state index in [4.69, 9.17) is 9.47 Å². The molecule has 3 fully saturated rings. The summed E-state index contributed by atoms with van der Waals surface area (Å²) in [6, 6.07) is 6.83. The van der Waals surface area contributed by atoms with E-state index in [-0.39, 0.29) is 31.1 Å². The highest BCUT2D eigenvalue weighted by atomic mass is 32.2. The summed E-state index contributed by atoms with van der Waals surface area (Å²) in [5.41, 5.74) is -2.55. The summed E-state index contributed by atoms with van der Waals surface area (Å²) in [6.07, 6.45) is -0.742. The van der Waals surface area contributed by atoms with Crippen LogP contribution in [0.2, 0.25) is 0 Å². The molecule has 3 aromatic rings. The van der Waals surface area contributed by atoms with Gasteiger partial charge in [0, 0.05) is 30.1 Å². The molecule has 2 aliphatic carbocycles. The van der Waals surface area contributed by atoms with Gasteiger partial charge in [0.1, 0.15) is 35.3 Å². The molecule has 0 radical (unpaired) electrons. The molecule has 13 nitrogen and oxygen atoms in total. The van der Waals surface area contributed by atoms with E-state index >= 15 is 0 Å². The average molecular weight is 745 g/mol. The third-order valence-electron chi connectivity index (χ3n) is 9.64. The number of ether oxygens (including phenoxy) is 2. The van der Waals surface area contributed by atoms with E-state index in [1.165, 1.54) is 11.0 Å². The smallest absolute Gasteiger partial charge is 0.417 e. The fourth-order valence-corrected chi connectivity index (χ4v) is 7.76. The minimum absolute atomic E-state index is 0.0164. The van der Waals surface area contributed by atoms with Crippen LogP contribution in [0.25, 0.3) is 10.8 Å². The Balaban J connectivity index is 1.28. The van der Waals surface area contributed by atoms with E-state index in [0.29, 0.717) is 30.2 Å². The van der Waals surface area contributed by atoms with Crippen molar-refractivity contribution < 1.29 is 45.4 Å². The SMILES string of the molecule is C=C[C@@H]1C[C@]1(NC(=O)[C@@H]1C[C@@H](Oc2nccc3cc(OC)ccc23)CN1C(=O)[C@@H](Nc1ccc(C(F)(F)F)cn1)C(C)C)C(=O)NS(=O)(=O)C1CC1. The molecule has 1 saturated heterocycles. The topological polar surface area (TPSA) is 169 Å². The molecule has 2 aromatic heterocycles. The number of aromatic nitrogens is 2. The molecule has 17 heteroatoms. The Hall–Kier alpha value is -4.93. The Bertz CT molecular complexity index is 1990. The van der Waals surface area contributed by atoms with Crippen LogP contribution in [-0.2, 0) is 30.6 Å². The maximum atomic E-state index is 14.3. The highest BCUT2D eigenvalue weighted by Gasteiger charge is 2.62. The first kappa shape index (κ1) is 36.8. The zero-order valence-electron chi connectivity index (χ0n) is 28.6. The van der Waals surface area contributed by atoms with Gasteiger partial charge in [-0.3, -0.25) is 19.1 Å². The van der Waals surface area contributed by atoms with Crippen LogP contribution >= 0.6 is 0 Å². The van der Waals surface area contributed by atoms with Gasteiger partial charge in [-0.15, -0.1) is 6.58 Å². The molecule has 3 N–H and O–H groups in total. The fraction of sp³-hybridized carbons (Fsp3) is 0.457. The number of likely N-dealkylation sites (tertiary alicyclic amines) is 1. The van der Waals surface area contributed by atoms with Crippen molar-refractivity contribution in [2.24, 2.45) is 11.8 Å². The van der Waals surface area contributed by atoms with Gasteiger partial charge in [0.15, 0.2) is 0 Å². The number of sulfonamides is 1. The standard InChI is InChI=1S/C35H39F3N6O7S/c1-5-21-16-34(21,33(47)43-52(48,49)25-8-9-25)42-30(45)27-15-24(51-31-26-10-7-23(50-4)14-20(26)12-13-39-31)18-44(27)32(46)29(19(2)3)41-28-11-6-22(17-40-28)35(36,37)38/h5-7,10-14,17,19,21,24-25,27,29H,1,8-9,15-16,18H2,2-4H3,(H,40,41)(H,42,45)(H,43,47)/t21-,24-,27+,29+,34-/m1/s1. The average Bonchev–Trinajstić information content (AvgIpc) is 4.03. The lowest BCUT2D eigenvalue weighted by atomic mass is 10.0. The molecule has 5 atom stereocenters. The van der Waals surface area contributed by atoms with E-state index in [9.17, 15) is 36.0 Å². The molecule has 3 amide bonds. The molecular formula is C35H39F3N6O7S. The number of amides is 3. The number of carbonyl (C=O) groups is 3. The molecule has 2 saturated carbocycles. The predicted molar refractivity (Wildman–Crippen MR) is 184 cm³/mol. The summed E-state index contributed by atoms with van der Waals surface area (Å²) in [4.78, 5) is 51.5. The third-order valence-corrected chi connectivity index (χ3v) is 11.5. The molecule has 3 aliphatic rings. The number of hydrogen-bond donors (Lipinski definition) is 3. The first-order chi connectivity index (χ1) is 24.6. The lowest BCUT2D eigenvalue weighted by Crippen LogP contribution is -2.58. The van der Waals surface area contributed by atoms with Gasteiger partial charge in [0.05, 0.1) is 24.5 Å². The van der Waals surface area contributed by atoms with Crippen LogP contribution in [-0.4, -0.2) is 83.6 Å². The van der Waals surface area contributed by atoms with Gasteiger partial charge in [-0.25, -0.2) is 18.4 Å². The Morgan fingerprint density at radius 3 is 2.46 bits per heavy atom. The van der Waals surface area contributed by atoms with Gasteiger partial charge in [-0.05, 0) is 67.0 Å². The van der Waals surface area contributed by atoms with Crippen LogP contribution in [0.1, 0.15) is 45.1 Å². The number of benzene rings is 1. The summed E-state index contributed by atoms with van der Waals surface area (Å²) in [7, 11) is -2.39. The maximum absolute atomic E-state index is 14.3. The Kier molecular flexibility index (Phi) is 9.85. The van der Waals surface area contributed by atoms with Crippen molar-refractivity contribution in [2.45, 2.75) is 74.7 Å². The molecule has 0 spiro atoms. The van der Waals surface area contributed by atoms with Gasteiger partial charge < -0.3 is 25.0 Å². The zero-order valence-corrected chi connectivity index (χ0v) is 29.5. The Labute approximate surface area is 298 Å². The van der Waals surface area contributed by atoms with Crippen molar-refractivity contribution >= 4 is 44.3 Å². The summed E-state index contributed by atoms with van der Waals surface area (Å²) in [5.74, 6) is -2.26. The van der Waals surface area contributed by atoms with Crippen LogP contribution < -0.4 is 24.8 Å². The van der Waals surface area contributed by atoms with Gasteiger partial charge in [-0.1, -0.05) is 19.9 Å². The number of nitrogens with zero attached hydrogens (tertiary/aromatic N) is 3. The molecular weight excluding hydrogens is 705 g/mol. The molecule has 0 bridgehead atoms. The lowest BCUT2D eigenvalue weighted by molar-refractivity contribution is -0.140. The second-order valence-corrected chi connectivity index (χ2v) is 15.6. The minimum atomic E-state index is -4.60. The molecule has 0 unspecified atom stereocenters. The zero-order chi connectivity index (χ0) is 37.6. The first-order valence-corrected chi connectivity index (χ1v) is 18.3. The molecule has 1 aliphatic heterocycles. The Morgan fingerprint density at radius 1 is 1.12 bits per heavy atom. The number of carbonyl (C=O) groups excluding carboxylic acids is 3. The van der Waals surface area contributed by atoms with E-state index in [0.717, 1.165) is 17.5 Å². The molecule has 1 aromatic carbocycles. The first-order valence-electron chi connectivity index (χ1n) is 16.8. The molecule has 278 valence electrons. The number of anilines is 1. The maximum Gasteiger partial charge on any atom is 0.417 e. The summed E-state index contributed by atoms with van der Waals surface area (Å²) in [5, 5.41) is 6.41.